The monoisotopic (exact) mass is 229 g/mol. The Morgan fingerprint density at radius 1 is 1.25 bits per heavy atom. The van der Waals surface area contributed by atoms with Crippen LogP contribution in [0.25, 0.3) is 0 Å². The van der Waals surface area contributed by atoms with E-state index in [1.807, 2.05) is 13.8 Å². The number of rotatable bonds is 3. The number of hydrogen-bond donors (Lipinski definition) is 0. The number of methoxy groups -OCH3 is 1. The average molecular weight is 229 g/mol. The van der Waals surface area contributed by atoms with Crippen molar-refractivity contribution in [2.45, 2.75) is 45.8 Å². The van der Waals surface area contributed by atoms with Gasteiger partial charge in [-0.3, -0.25) is 0 Å². The van der Waals surface area contributed by atoms with Gasteiger partial charge in [0, 0.05) is 20.2 Å². The van der Waals surface area contributed by atoms with Gasteiger partial charge in [-0.15, -0.1) is 0 Å². The van der Waals surface area contributed by atoms with Crippen molar-refractivity contribution in [3.8, 4) is 0 Å². The fourth-order valence-corrected chi connectivity index (χ4v) is 2.02. The molecule has 1 amide bonds. The maximum Gasteiger partial charge on any atom is 0.410 e. The molecule has 1 aliphatic heterocycles. The van der Waals surface area contributed by atoms with Crippen LogP contribution in [-0.4, -0.2) is 43.4 Å². The van der Waals surface area contributed by atoms with Gasteiger partial charge in [0.2, 0.25) is 0 Å². The van der Waals surface area contributed by atoms with Gasteiger partial charge >= 0.3 is 6.09 Å². The molecule has 1 fully saturated rings. The first-order valence-electron chi connectivity index (χ1n) is 6.03. The predicted molar refractivity (Wildman–Crippen MR) is 62.4 cm³/mol. The summed E-state index contributed by atoms with van der Waals surface area (Å²) in [4.78, 5) is 13.4. The van der Waals surface area contributed by atoms with Gasteiger partial charge in [0.25, 0.3) is 0 Å². The first-order chi connectivity index (χ1) is 7.54. The Bertz CT molecular complexity index is 222. The van der Waals surface area contributed by atoms with E-state index in [2.05, 4.69) is 6.92 Å². The summed E-state index contributed by atoms with van der Waals surface area (Å²) in [6.07, 6.45) is 2.06. The average Bonchev–Trinajstić information content (AvgIpc) is 2.27. The Hall–Kier alpha value is -0.770. The Labute approximate surface area is 97.9 Å². The van der Waals surface area contributed by atoms with Gasteiger partial charge in [-0.25, -0.2) is 4.79 Å². The second-order valence-electron chi connectivity index (χ2n) is 4.70. The summed E-state index contributed by atoms with van der Waals surface area (Å²) in [5, 5.41) is 0. The summed E-state index contributed by atoms with van der Waals surface area (Å²) in [7, 11) is 1.74. The fraction of sp³-hybridized carbons (Fsp3) is 0.917. The lowest BCUT2D eigenvalue weighted by atomic mass is 9.92. The Morgan fingerprint density at radius 3 is 2.25 bits per heavy atom. The molecule has 1 heterocycles. The molecule has 1 saturated heterocycles. The Morgan fingerprint density at radius 2 is 1.81 bits per heavy atom. The Balaban J connectivity index is 2.34. The van der Waals surface area contributed by atoms with E-state index in [4.69, 9.17) is 9.47 Å². The highest BCUT2D eigenvalue weighted by atomic mass is 16.6. The van der Waals surface area contributed by atoms with Gasteiger partial charge in [-0.1, -0.05) is 0 Å². The van der Waals surface area contributed by atoms with Crippen LogP contribution in [0.15, 0.2) is 0 Å². The maximum absolute atomic E-state index is 11.6. The summed E-state index contributed by atoms with van der Waals surface area (Å²) in [6.45, 7) is 7.40. The molecule has 0 aliphatic carbocycles. The normalized spacial score (nSPS) is 19.9. The number of nitrogens with zero attached hydrogens (tertiary/aromatic N) is 1. The maximum atomic E-state index is 11.6. The van der Waals surface area contributed by atoms with Gasteiger partial charge in [0.15, 0.2) is 0 Å². The van der Waals surface area contributed by atoms with E-state index in [0.717, 1.165) is 25.9 Å². The van der Waals surface area contributed by atoms with Crippen molar-refractivity contribution < 1.29 is 14.3 Å². The number of piperidine rings is 1. The van der Waals surface area contributed by atoms with Crippen LogP contribution in [0, 0.1) is 5.92 Å². The van der Waals surface area contributed by atoms with Gasteiger partial charge in [-0.05, 0) is 39.5 Å². The molecule has 0 unspecified atom stereocenters. The minimum absolute atomic E-state index is 0.0388. The van der Waals surface area contributed by atoms with Crippen LogP contribution in [0.1, 0.15) is 33.6 Å². The number of hydrogen-bond acceptors (Lipinski definition) is 3. The minimum atomic E-state index is -0.182. The van der Waals surface area contributed by atoms with E-state index in [9.17, 15) is 4.79 Å². The van der Waals surface area contributed by atoms with E-state index >= 15 is 0 Å². The van der Waals surface area contributed by atoms with E-state index in [1.165, 1.54) is 0 Å². The Kier molecular flexibility index (Phi) is 5.06. The van der Waals surface area contributed by atoms with Crippen molar-refractivity contribution in [2.24, 2.45) is 5.92 Å². The summed E-state index contributed by atoms with van der Waals surface area (Å²) < 4.78 is 10.5. The van der Waals surface area contributed by atoms with Gasteiger partial charge in [0.05, 0.1) is 12.2 Å². The zero-order valence-electron chi connectivity index (χ0n) is 10.7. The minimum Gasteiger partial charge on any atom is -0.447 e. The largest absolute Gasteiger partial charge is 0.447 e. The second kappa shape index (κ2) is 6.09. The van der Waals surface area contributed by atoms with Crippen molar-refractivity contribution in [3.63, 3.8) is 0 Å². The third kappa shape index (κ3) is 3.67. The lowest BCUT2D eigenvalue weighted by Crippen LogP contribution is -2.42. The molecule has 1 aliphatic rings. The number of likely N-dealkylation sites (tertiary alicyclic amines) is 1. The molecule has 0 bridgehead atoms. The molecule has 1 atom stereocenters. The first kappa shape index (κ1) is 13.3. The molecule has 0 aromatic rings. The van der Waals surface area contributed by atoms with Crippen LogP contribution in [0.2, 0.25) is 0 Å². The third-order valence-corrected chi connectivity index (χ3v) is 3.17. The first-order valence-corrected chi connectivity index (χ1v) is 6.03. The molecular formula is C12H23NO3. The molecule has 4 nitrogen and oxygen atoms in total. The molecule has 0 aromatic heterocycles. The van der Waals surface area contributed by atoms with E-state index in [-0.39, 0.29) is 18.3 Å². The summed E-state index contributed by atoms with van der Waals surface area (Å²) >= 11 is 0. The topological polar surface area (TPSA) is 38.8 Å². The second-order valence-corrected chi connectivity index (χ2v) is 4.70. The SMILES string of the molecule is CO[C@@H](C)C1CCN(C(=O)OC(C)C)CC1. The molecular weight excluding hydrogens is 206 g/mol. The van der Waals surface area contributed by atoms with Crippen LogP contribution in [-0.2, 0) is 9.47 Å². The molecule has 0 radical (unpaired) electrons. The molecule has 0 aromatic carbocycles. The summed E-state index contributed by atoms with van der Waals surface area (Å²) in [5.74, 6) is 0.563. The van der Waals surface area contributed by atoms with E-state index in [1.54, 1.807) is 12.0 Å². The van der Waals surface area contributed by atoms with Crippen molar-refractivity contribution in [1.82, 2.24) is 4.90 Å². The zero-order chi connectivity index (χ0) is 12.1. The number of ether oxygens (including phenoxy) is 2. The number of amides is 1. The number of carbonyl (C=O) groups excluding carboxylic acids is 1. The van der Waals surface area contributed by atoms with Crippen molar-refractivity contribution in [2.75, 3.05) is 20.2 Å². The summed E-state index contributed by atoms with van der Waals surface area (Å²) in [6, 6.07) is 0. The van der Waals surface area contributed by atoms with Gasteiger partial charge in [0.1, 0.15) is 0 Å². The van der Waals surface area contributed by atoms with Crippen LogP contribution < -0.4 is 0 Å². The van der Waals surface area contributed by atoms with Crippen LogP contribution >= 0.6 is 0 Å². The summed E-state index contributed by atoms with van der Waals surface area (Å²) in [5.41, 5.74) is 0. The molecule has 16 heavy (non-hydrogen) atoms. The lowest BCUT2D eigenvalue weighted by Gasteiger charge is -2.34. The van der Waals surface area contributed by atoms with Gasteiger partial charge in [-0.2, -0.15) is 0 Å². The molecule has 0 N–H and O–H groups in total. The van der Waals surface area contributed by atoms with E-state index < -0.39 is 0 Å². The lowest BCUT2D eigenvalue weighted by molar-refractivity contribution is 0.0239. The standard InChI is InChI=1S/C12H23NO3/c1-9(2)16-12(14)13-7-5-11(6-8-13)10(3)15-4/h9-11H,5-8H2,1-4H3/t10-/m0/s1. The van der Waals surface area contributed by atoms with Gasteiger partial charge < -0.3 is 14.4 Å². The zero-order valence-corrected chi connectivity index (χ0v) is 10.7. The van der Waals surface area contributed by atoms with Crippen molar-refractivity contribution in [1.29, 1.82) is 0 Å². The van der Waals surface area contributed by atoms with Crippen LogP contribution in [0.5, 0.6) is 0 Å². The highest BCUT2D eigenvalue weighted by Gasteiger charge is 2.27. The number of carbonyl (C=O) groups is 1. The predicted octanol–water partition coefficient (Wildman–Crippen LogP) is 2.28. The fourth-order valence-electron chi connectivity index (χ4n) is 2.02. The quantitative estimate of drug-likeness (QED) is 0.745. The van der Waals surface area contributed by atoms with Crippen LogP contribution in [0.3, 0.4) is 0 Å². The van der Waals surface area contributed by atoms with Crippen molar-refractivity contribution in [3.05, 3.63) is 0 Å². The molecule has 1 rings (SSSR count). The highest BCUT2D eigenvalue weighted by Crippen LogP contribution is 2.22. The molecule has 0 saturated carbocycles. The molecule has 4 heteroatoms. The highest BCUT2D eigenvalue weighted by molar-refractivity contribution is 5.67. The molecule has 94 valence electrons. The third-order valence-electron chi connectivity index (χ3n) is 3.17. The van der Waals surface area contributed by atoms with E-state index in [0.29, 0.717) is 5.92 Å². The smallest absolute Gasteiger partial charge is 0.410 e. The molecule has 0 spiro atoms. The van der Waals surface area contributed by atoms with Crippen LogP contribution in [0.4, 0.5) is 4.79 Å². The van der Waals surface area contributed by atoms with Crippen molar-refractivity contribution >= 4 is 6.09 Å².